The van der Waals surface area contributed by atoms with Crippen molar-refractivity contribution >= 4 is 28.4 Å². The van der Waals surface area contributed by atoms with E-state index in [1.165, 1.54) is 18.2 Å². The third kappa shape index (κ3) is 6.21. The number of phenolic OH excluding ortho intramolecular Hbond substituents is 1. The van der Waals surface area contributed by atoms with Crippen LogP contribution in [-0.4, -0.2) is 17.6 Å². The van der Waals surface area contributed by atoms with Crippen LogP contribution in [0.2, 0.25) is 0 Å². The fraction of sp³-hybridized carbons (Fsp3) is 0.125. The summed E-state index contributed by atoms with van der Waals surface area (Å²) in [6.07, 6.45) is 3.79. The van der Waals surface area contributed by atoms with Gasteiger partial charge in [-0.2, -0.15) is 5.26 Å². The molecule has 2 N–H and O–H groups in total. The molecule has 0 atom stereocenters. The molecule has 4 rings (SSSR count). The predicted molar refractivity (Wildman–Crippen MR) is 150 cm³/mol. The first kappa shape index (κ1) is 26.1. The highest BCUT2D eigenvalue weighted by atomic mass is 16.5. The molecule has 4 aromatic carbocycles. The van der Waals surface area contributed by atoms with Crippen LogP contribution in [-0.2, 0) is 17.8 Å². The van der Waals surface area contributed by atoms with Gasteiger partial charge in [0.05, 0.1) is 6.61 Å². The van der Waals surface area contributed by atoms with E-state index in [9.17, 15) is 15.2 Å². The molecule has 38 heavy (non-hydrogen) atoms. The second-order valence-electron chi connectivity index (χ2n) is 8.53. The van der Waals surface area contributed by atoms with Crippen LogP contribution in [0.4, 0.5) is 5.69 Å². The van der Waals surface area contributed by atoms with E-state index in [-0.39, 0.29) is 11.3 Å². The molecule has 0 aliphatic carbocycles. The fourth-order valence-electron chi connectivity index (χ4n) is 4.13. The Morgan fingerprint density at radius 1 is 1.03 bits per heavy atom. The van der Waals surface area contributed by atoms with Gasteiger partial charge in [-0.1, -0.05) is 48.5 Å². The molecule has 1 amide bonds. The van der Waals surface area contributed by atoms with Crippen LogP contribution >= 0.6 is 0 Å². The first-order chi connectivity index (χ1) is 18.5. The van der Waals surface area contributed by atoms with E-state index in [1.807, 2.05) is 43.3 Å². The SMILES string of the molecule is C=CCc1cc(/C=C(\C#N)C(=O)Nc2ccc(O)cc2)cc(OCC)c1OCc1cccc2ccccc12. The average Bonchev–Trinajstić information content (AvgIpc) is 2.93. The minimum Gasteiger partial charge on any atom is -0.508 e. The first-order valence-electron chi connectivity index (χ1n) is 12.2. The van der Waals surface area contributed by atoms with Gasteiger partial charge in [-0.25, -0.2) is 0 Å². The van der Waals surface area contributed by atoms with E-state index in [4.69, 9.17) is 9.47 Å². The topological polar surface area (TPSA) is 91.6 Å². The lowest BCUT2D eigenvalue weighted by molar-refractivity contribution is -0.112. The Balaban J connectivity index is 1.65. The van der Waals surface area contributed by atoms with Crippen molar-refractivity contribution in [1.82, 2.24) is 0 Å². The summed E-state index contributed by atoms with van der Waals surface area (Å²) in [6.45, 7) is 6.52. The second-order valence-corrected chi connectivity index (χ2v) is 8.53. The van der Waals surface area contributed by atoms with Crippen molar-refractivity contribution in [2.24, 2.45) is 0 Å². The number of hydrogen-bond acceptors (Lipinski definition) is 5. The third-order valence-corrected chi connectivity index (χ3v) is 5.87. The number of nitrogens with zero attached hydrogens (tertiary/aromatic N) is 1. The van der Waals surface area contributed by atoms with Crippen molar-refractivity contribution in [3.05, 3.63) is 114 Å². The number of phenols is 1. The minimum absolute atomic E-state index is 0.0745. The van der Waals surface area contributed by atoms with Gasteiger partial charge in [-0.3, -0.25) is 4.79 Å². The Morgan fingerprint density at radius 3 is 2.53 bits per heavy atom. The highest BCUT2D eigenvalue weighted by Gasteiger charge is 2.16. The van der Waals surface area contributed by atoms with Crippen LogP contribution in [0.5, 0.6) is 17.2 Å². The summed E-state index contributed by atoms with van der Waals surface area (Å²) in [4.78, 5) is 12.8. The van der Waals surface area contributed by atoms with Gasteiger partial charge < -0.3 is 19.9 Å². The summed E-state index contributed by atoms with van der Waals surface area (Å²) in [7, 11) is 0. The number of amides is 1. The number of ether oxygens (including phenoxy) is 2. The smallest absolute Gasteiger partial charge is 0.266 e. The largest absolute Gasteiger partial charge is 0.508 e. The molecule has 190 valence electrons. The van der Waals surface area contributed by atoms with E-state index in [1.54, 1.807) is 24.3 Å². The molecule has 0 spiro atoms. The zero-order valence-corrected chi connectivity index (χ0v) is 21.1. The fourth-order valence-corrected chi connectivity index (χ4v) is 4.13. The number of aromatic hydroxyl groups is 1. The molecule has 6 nitrogen and oxygen atoms in total. The van der Waals surface area contributed by atoms with Crippen molar-refractivity contribution in [2.45, 2.75) is 20.0 Å². The number of carbonyl (C=O) groups is 1. The second kappa shape index (κ2) is 12.3. The number of fused-ring (bicyclic) bond motifs is 1. The quantitative estimate of drug-likeness (QED) is 0.107. The normalized spacial score (nSPS) is 11.0. The van der Waals surface area contributed by atoms with Crippen LogP contribution in [0, 0.1) is 11.3 Å². The Morgan fingerprint density at radius 2 is 1.79 bits per heavy atom. The van der Waals surface area contributed by atoms with E-state index in [0.29, 0.717) is 42.4 Å². The lowest BCUT2D eigenvalue weighted by Crippen LogP contribution is -2.13. The number of nitrogens with one attached hydrogen (secondary N) is 1. The van der Waals surface area contributed by atoms with Crippen molar-refractivity contribution in [3.63, 3.8) is 0 Å². The number of anilines is 1. The van der Waals surface area contributed by atoms with E-state index in [0.717, 1.165) is 21.9 Å². The van der Waals surface area contributed by atoms with Gasteiger partial charge in [0.2, 0.25) is 0 Å². The highest BCUT2D eigenvalue weighted by Crippen LogP contribution is 2.36. The van der Waals surface area contributed by atoms with Crippen LogP contribution in [0.25, 0.3) is 16.8 Å². The number of rotatable bonds is 10. The maximum Gasteiger partial charge on any atom is 0.266 e. The Kier molecular flexibility index (Phi) is 8.42. The predicted octanol–water partition coefficient (Wildman–Crippen LogP) is 6.80. The Hall–Kier alpha value is -5.02. The molecular formula is C32H28N2O4. The zero-order chi connectivity index (χ0) is 26.9. The first-order valence-corrected chi connectivity index (χ1v) is 12.2. The summed E-state index contributed by atoms with van der Waals surface area (Å²) in [5.41, 5.74) is 2.90. The highest BCUT2D eigenvalue weighted by molar-refractivity contribution is 6.09. The molecule has 0 radical (unpaired) electrons. The van der Waals surface area contributed by atoms with Gasteiger partial charge in [0, 0.05) is 11.3 Å². The summed E-state index contributed by atoms with van der Waals surface area (Å²) in [5, 5.41) is 24.1. The summed E-state index contributed by atoms with van der Waals surface area (Å²) in [6, 6.07) is 25.9. The van der Waals surface area contributed by atoms with Crippen molar-refractivity contribution in [2.75, 3.05) is 11.9 Å². The molecule has 0 saturated heterocycles. The molecule has 0 heterocycles. The lowest BCUT2D eigenvalue weighted by Gasteiger charge is -2.17. The summed E-state index contributed by atoms with van der Waals surface area (Å²) < 4.78 is 12.3. The van der Waals surface area contributed by atoms with Crippen molar-refractivity contribution in [1.29, 1.82) is 5.26 Å². The standard InChI is InChI=1S/C32H28N2O4/c1-3-8-24-17-22(18-26(20-33)32(36)34-27-13-15-28(35)16-14-27)19-30(37-4-2)31(24)38-21-25-11-7-10-23-9-5-6-12-29(23)25/h3,5-7,9-19,35H,1,4,8,21H2,2H3,(H,34,36)/b26-18+. The maximum absolute atomic E-state index is 12.8. The summed E-state index contributed by atoms with van der Waals surface area (Å²) in [5.74, 6) is 0.649. The molecule has 0 bridgehead atoms. The van der Waals surface area contributed by atoms with Gasteiger partial charge in [-0.05, 0) is 77.7 Å². The van der Waals surface area contributed by atoms with Gasteiger partial charge in [0.15, 0.2) is 11.5 Å². The van der Waals surface area contributed by atoms with Crippen LogP contribution in [0.1, 0.15) is 23.6 Å². The van der Waals surface area contributed by atoms with Gasteiger partial charge in [-0.15, -0.1) is 6.58 Å². The molecule has 0 saturated carbocycles. The number of carbonyl (C=O) groups excluding carboxylic acids is 1. The molecular weight excluding hydrogens is 476 g/mol. The summed E-state index contributed by atoms with van der Waals surface area (Å²) >= 11 is 0. The van der Waals surface area contributed by atoms with Gasteiger partial charge in [0.25, 0.3) is 5.91 Å². The Labute approximate surface area is 222 Å². The van der Waals surface area contributed by atoms with Crippen LogP contribution in [0.15, 0.2) is 97.1 Å². The van der Waals surface area contributed by atoms with Crippen molar-refractivity contribution < 1.29 is 19.4 Å². The van der Waals surface area contributed by atoms with Crippen molar-refractivity contribution in [3.8, 4) is 23.3 Å². The molecule has 0 fully saturated rings. The Bertz CT molecular complexity index is 1530. The molecule has 0 aliphatic rings. The average molecular weight is 505 g/mol. The third-order valence-electron chi connectivity index (χ3n) is 5.87. The monoisotopic (exact) mass is 504 g/mol. The number of hydrogen-bond donors (Lipinski definition) is 2. The molecule has 4 aromatic rings. The van der Waals surface area contributed by atoms with Crippen LogP contribution < -0.4 is 14.8 Å². The number of benzene rings is 4. The molecule has 0 aliphatic heterocycles. The van der Waals surface area contributed by atoms with Crippen LogP contribution in [0.3, 0.4) is 0 Å². The van der Waals surface area contributed by atoms with Gasteiger partial charge >= 0.3 is 0 Å². The maximum atomic E-state index is 12.8. The minimum atomic E-state index is -0.558. The van der Waals surface area contributed by atoms with E-state index >= 15 is 0 Å². The number of nitriles is 1. The van der Waals surface area contributed by atoms with Gasteiger partial charge in [0.1, 0.15) is 24.0 Å². The lowest BCUT2D eigenvalue weighted by atomic mass is 10.0. The number of allylic oxidation sites excluding steroid dienone is 1. The molecule has 0 unspecified atom stereocenters. The molecule has 6 heteroatoms. The molecule has 0 aromatic heterocycles. The van der Waals surface area contributed by atoms with E-state index < -0.39 is 5.91 Å². The van der Waals surface area contributed by atoms with E-state index in [2.05, 4.69) is 30.1 Å². The zero-order valence-electron chi connectivity index (χ0n) is 21.1.